The van der Waals surface area contributed by atoms with Gasteiger partial charge in [0.1, 0.15) is 18.0 Å². The Hall–Kier alpha value is -2.05. The van der Waals surface area contributed by atoms with Crippen molar-refractivity contribution < 1.29 is 23.8 Å². The number of hydrogen-bond acceptors (Lipinski definition) is 6. The number of hydrogen-bond donors (Lipinski definition) is 1. The lowest BCUT2D eigenvalue weighted by Gasteiger charge is -2.36. The number of benzene rings is 1. The van der Waals surface area contributed by atoms with Gasteiger partial charge in [0.15, 0.2) is 0 Å². The summed E-state index contributed by atoms with van der Waals surface area (Å²) < 4.78 is 16.2. The van der Waals surface area contributed by atoms with Gasteiger partial charge in [-0.05, 0) is 38.3 Å². The van der Waals surface area contributed by atoms with Crippen molar-refractivity contribution in [2.45, 2.75) is 39.3 Å². The average Bonchev–Trinajstić information content (AvgIpc) is 3.05. The highest BCUT2D eigenvalue weighted by molar-refractivity contribution is 6.06. The molecule has 2 heterocycles. The van der Waals surface area contributed by atoms with E-state index in [9.17, 15) is 9.90 Å². The van der Waals surface area contributed by atoms with Crippen LogP contribution in [0.1, 0.15) is 41.4 Å². The second-order valence-electron chi connectivity index (χ2n) is 6.30. The standard InChI is InChI=1S/C19H25NO5/c1-4-20(13-5-7-24-8-6-13)16-10-17-15(9-14(11-21)25-17)18(12(16)2)19(22)23-3/h9-10,13,21H,4-8,11H2,1-3H3. The van der Waals surface area contributed by atoms with E-state index in [1.54, 1.807) is 6.07 Å². The molecule has 3 rings (SSSR count). The molecule has 0 amide bonds. The molecule has 1 aliphatic rings. The van der Waals surface area contributed by atoms with Gasteiger partial charge in [-0.3, -0.25) is 0 Å². The minimum atomic E-state index is -0.391. The van der Waals surface area contributed by atoms with E-state index in [0.717, 1.165) is 43.9 Å². The lowest BCUT2D eigenvalue weighted by molar-refractivity contribution is 0.0602. The van der Waals surface area contributed by atoms with Gasteiger partial charge in [0.2, 0.25) is 0 Å². The molecule has 0 radical (unpaired) electrons. The van der Waals surface area contributed by atoms with Crippen molar-refractivity contribution >= 4 is 22.6 Å². The molecule has 1 N–H and O–H groups in total. The second-order valence-corrected chi connectivity index (χ2v) is 6.30. The van der Waals surface area contributed by atoms with Gasteiger partial charge in [0.05, 0.1) is 12.7 Å². The predicted molar refractivity (Wildman–Crippen MR) is 95.1 cm³/mol. The van der Waals surface area contributed by atoms with E-state index in [-0.39, 0.29) is 6.61 Å². The Bertz CT molecular complexity index is 761. The molecule has 1 aromatic carbocycles. The third kappa shape index (κ3) is 3.24. The van der Waals surface area contributed by atoms with Gasteiger partial charge in [-0.15, -0.1) is 0 Å². The van der Waals surface area contributed by atoms with E-state index in [1.165, 1.54) is 7.11 Å². The Kier molecular flexibility index (Phi) is 5.30. The number of aliphatic hydroxyl groups is 1. The minimum Gasteiger partial charge on any atom is -0.465 e. The van der Waals surface area contributed by atoms with Crippen LogP contribution in [0.4, 0.5) is 5.69 Å². The maximum atomic E-state index is 12.4. The number of carbonyl (C=O) groups is 1. The number of methoxy groups -OCH3 is 1. The molecule has 25 heavy (non-hydrogen) atoms. The maximum absolute atomic E-state index is 12.4. The van der Waals surface area contributed by atoms with Crippen molar-refractivity contribution in [2.75, 3.05) is 31.8 Å². The SMILES string of the molecule is CCN(c1cc2oc(CO)cc2c(C(=O)OC)c1C)C1CCOCC1. The van der Waals surface area contributed by atoms with Crippen LogP contribution in [0.5, 0.6) is 0 Å². The summed E-state index contributed by atoms with van der Waals surface area (Å²) in [6.07, 6.45) is 1.91. The van der Waals surface area contributed by atoms with E-state index in [4.69, 9.17) is 13.9 Å². The van der Waals surface area contributed by atoms with Crippen LogP contribution in [0.3, 0.4) is 0 Å². The van der Waals surface area contributed by atoms with Crippen LogP contribution in [-0.2, 0) is 16.1 Å². The Balaban J connectivity index is 2.16. The number of anilines is 1. The first-order valence-electron chi connectivity index (χ1n) is 8.70. The van der Waals surface area contributed by atoms with Crippen LogP contribution in [0.25, 0.3) is 11.0 Å². The van der Waals surface area contributed by atoms with Gasteiger partial charge in [0, 0.05) is 42.9 Å². The van der Waals surface area contributed by atoms with Crippen molar-refractivity contribution in [3.05, 3.63) is 29.0 Å². The average molecular weight is 347 g/mol. The summed E-state index contributed by atoms with van der Waals surface area (Å²) >= 11 is 0. The van der Waals surface area contributed by atoms with Gasteiger partial charge < -0.3 is 23.9 Å². The van der Waals surface area contributed by atoms with E-state index < -0.39 is 5.97 Å². The Morgan fingerprint density at radius 2 is 2.08 bits per heavy atom. The molecule has 2 aromatic rings. The highest BCUT2D eigenvalue weighted by atomic mass is 16.5. The molecule has 1 fully saturated rings. The lowest BCUT2D eigenvalue weighted by Crippen LogP contribution is -2.40. The Morgan fingerprint density at radius 3 is 2.68 bits per heavy atom. The van der Waals surface area contributed by atoms with Gasteiger partial charge in [-0.1, -0.05) is 0 Å². The molecule has 0 atom stereocenters. The zero-order valence-corrected chi connectivity index (χ0v) is 15.0. The minimum absolute atomic E-state index is 0.207. The van der Waals surface area contributed by atoms with Crippen LogP contribution in [0.2, 0.25) is 0 Å². The third-order valence-corrected chi connectivity index (χ3v) is 4.94. The fourth-order valence-corrected chi connectivity index (χ4v) is 3.69. The number of rotatable bonds is 5. The molecule has 6 heteroatoms. The summed E-state index contributed by atoms with van der Waals surface area (Å²) in [6, 6.07) is 4.05. The smallest absolute Gasteiger partial charge is 0.338 e. The molecule has 1 saturated heterocycles. The van der Waals surface area contributed by atoms with Crippen molar-refractivity contribution in [1.29, 1.82) is 0 Å². The highest BCUT2D eigenvalue weighted by Gasteiger charge is 2.26. The van der Waals surface area contributed by atoms with Crippen molar-refractivity contribution in [3.8, 4) is 0 Å². The number of aliphatic hydroxyl groups excluding tert-OH is 1. The molecule has 6 nitrogen and oxygen atoms in total. The first-order valence-corrected chi connectivity index (χ1v) is 8.70. The van der Waals surface area contributed by atoms with E-state index in [0.29, 0.717) is 28.3 Å². The number of ether oxygens (including phenoxy) is 2. The van der Waals surface area contributed by atoms with Crippen LogP contribution in [0, 0.1) is 6.92 Å². The van der Waals surface area contributed by atoms with Crippen molar-refractivity contribution in [2.24, 2.45) is 0 Å². The monoisotopic (exact) mass is 347 g/mol. The second kappa shape index (κ2) is 7.45. The number of fused-ring (bicyclic) bond motifs is 1. The summed E-state index contributed by atoms with van der Waals surface area (Å²) in [5.41, 5.74) is 2.94. The van der Waals surface area contributed by atoms with Gasteiger partial charge >= 0.3 is 5.97 Å². The number of nitrogens with zero attached hydrogens (tertiary/aromatic N) is 1. The first kappa shape index (κ1) is 17.8. The third-order valence-electron chi connectivity index (χ3n) is 4.94. The van der Waals surface area contributed by atoms with Crippen LogP contribution < -0.4 is 4.90 Å². The summed E-state index contributed by atoms with van der Waals surface area (Å²) in [6.45, 7) is 6.17. The summed E-state index contributed by atoms with van der Waals surface area (Å²) in [5.74, 6) is 0.0449. The van der Waals surface area contributed by atoms with Crippen molar-refractivity contribution in [1.82, 2.24) is 0 Å². The van der Waals surface area contributed by atoms with Crippen LogP contribution in [-0.4, -0.2) is 44.0 Å². The fourth-order valence-electron chi connectivity index (χ4n) is 3.69. The normalized spacial score (nSPS) is 15.5. The lowest BCUT2D eigenvalue weighted by atomic mass is 9.98. The highest BCUT2D eigenvalue weighted by Crippen LogP contribution is 2.35. The molecule has 0 spiro atoms. The summed E-state index contributed by atoms with van der Waals surface area (Å²) in [7, 11) is 1.38. The number of carbonyl (C=O) groups excluding carboxylic acids is 1. The van der Waals surface area contributed by atoms with E-state index in [1.807, 2.05) is 13.0 Å². The molecule has 0 bridgehead atoms. The van der Waals surface area contributed by atoms with Crippen LogP contribution in [0.15, 0.2) is 16.5 Å². The zero-order valence-electron chi connectivity index (χ0n) is 15.0. The summed E-state index contributed by atoms with van der Waals surface area (Å²) in [5, 5.41) is 10.1. The number of esters is 1. The largest absolute Gasteiger partial charge is 0.465 e. The Labute approximate surface area is 147 Å². The fraction of sp³-hybridized carbons (Fsp3) is 0.526. The van der Waals surface area contributed by atoms with E-state index in [2.05, 4.69) is 11.8 Å². The first-order chi connectivity index (χ1) is 12.1. The topological polar surface area (TPSA) is 72.1 Å². The Morgan fingerprint density at radius 1 is 1.36 bits per heavy atom. The zero-order chi connectivity index (χ0) is 18.0. The molecular weight excluding hydrogens is 322 g/mol. The van der Waals surface area contributed by atoms with Crippen LogP contribution >= 0.6 is 0 Å². The molecule has 0 aliphatic carbocycles. The number of furan rings is 1. The summed E-state index contributed by atoms with van der Waals surface area (Å²) in [4.78, 5) is 14.7. The van der Waals surface area contributed by atoms with E-state index >= 15 is 0 Å². The van der Waals surface area contributed by atoms with Crippen molar-refractivity contribution in [3.63, 3.8) is 0 Å². The molecular formula is C19H25NO5. The maximum Gasteiger partial charge on any atom is 0.338 e. The van der Waals surface area contributed by atoms with Gasteiger partial charge in [0.25, 0.3) is 0 Å². The predicted octanol–water partition coefficient (Wildman–Crippen LogP) is 3.03. The van der Waals surface area contributed by atoms with Gasteiger partial charge in [-0.25, -0.2) is 4.79 Å². The molecule has 136 valence electrons. The molecule has 1 aromatic heterocycles. The quantitative estimate of drug-likeness (QED) is 0.838. The molecule has 1 aliphatic heterocycles. The molecule has 0 saturated carbocycles. The molecule has 0 unspecified atom stereocenters. The van der Waals surface area contributed by atoms with Gasteiger partial charge in [-0.2, -0.15) is 0 Å².